The van der Waals surface area contributed by atoms with Crippen LogP contribution in [0.3, 0.4) is 0 Å². The second-order valence-electron chi connectivity index (χ2n) is 2.10. The maximum Gasteiger partial charge on any atom is 0.273 e. The molecular weight excluding hydrogens is 180 g/mol. The van der Waals surface area contributed by atoms with Crippen LogP contribution in [0.4, 0.5) is 0 Å². The summed E-state index contributed by atoms with van der Waals surface area (Å²) in [6, 6.07) is 0. The van der Waals surface area contributed by atoms with Gasteiger partial charge in [-0.2, -0.15) is 0 Å². The van der Waals surface area contributed by atoms with Gasteiger partial charge in [0, 0.05) is 22.4 Å². The normalized spacial score (nSPS) is 9.75. The van der Waals surface area contributed by atoms with Crippen molar-refractivity contribution in [2.75, 3.05) is 13.7 Å². The number of ether oxygens (including phenoxy) is 1. The minimum atomic E-state index is -0.341. The summed E-state index contributed by atoms with van der Waals surface area (Å²) in [5.74, 6) is 0. The molecule has 0 unspecified atom stereocenters. The fourth-order valence-corrected chi connectivity index (χ4v) is 1.41. The zero-order valence-corrected chi connectivity index (χ0v) is 7.34. The lowest BCUT2D eigenvalue weighted by Crippen LogP contribution is -2.02. The molecule has 0 saturated heterocycles. The molecule has 1 heterocycles. The molecule has 0 atom stereocenters. The molecule has 1 aromatic rings. The topological polar surface area (TPSA) is 65.3 Å². The molecule has 6 heteroatoms. The van der Waals surface area contributed by atoms with E-state index < -0.39 is 0 Å². The predicted molar refractivity (Wildman–Crippen MR) is 44.2 cm³/mol. The number of methoxy groups -OCH3 is 1. The number of nitrogens with zero attached hydrogens (tertiary/aromatic N) is 2. The van der Waals surface area contributed by atoms with E-state index in [9.17, 15) is 10.1 Å². The Morgan fingerprint density at radius 3 is 3.08 bits per heavy atom. The molecule has 1 aromatic heterocycles. The van der Waals surface area contributed by atoms with Crippen molar-refractivity contribution in [1.29, 1.82) is 0 Å². The molecule has 0 fully saturated rings. The molecule has 0 aromatic carbocycles. The highest BCUT2D eigenvalue weighted by Gasteiger charge is 2.04. The molecule has 0 N–H and O–H groups in total. The predicted octanol–water partition coefficient (Wildman–Crippen LogP) is 0.971. The van der Waals surface area contributed by atoms with Gasteiger partial charge >= 0.3 is 0 Å². The van der Waals surface area contributed by atoms with E-state index in [0.29, 0.717) is 11.6 Å². The minimum absolute atomic E-state index is 0.0503. The first-order chi connectivity index (χ1) is 5.72. The Balaban J connectivity index is 2.47. The highest BCUT2D eigenvalue weighted by molar-refractivity contribution is 7.13. The van der Waals surface area contributed by atoms with Crippen LogP contribution in [0, 0.1) is 10.1 Å². The van der Waals surface area contributed by atoms with Crippen LogP contribution in [-0.4, -0.2) is 23.6 Å². The number of hydrogen-bond donors (Lipinski definition) is 0. The maximum atomic E-state index is 10.0. The van der Waals surface area contributed by atoms with E-state index in [1.54, 1.807) is 6.20 Å². The van der Waals surface area contributed by atoms with Crippen molar-refractivity contribution in [3.63, 3.8) is 0 Å². The number of nitro groups is 1. The quantitative estimate of drug-likeness (QED) is 0.521. The molecule has 5 nitrogen and oxygen atoms in total. The summed E-state index contributed by atoms with van der Waals surface area (Å²) in [4.78, 5) is 14.4. The maximum absolute atomic E-state index is 10.0. The zero-order chi connectivity index (χ0) is 8.97. The lowest BCUT2D eigenvalue weighted by molar-refractivity contribution is -0.479. The molecule has 0 aliphatic carbocycles. The summed E-state index contributed by atoms with van der Waals surface area (Å²) in [6.45, 7) is -0.0503. The Bertz CT molecular complexity index is 274. The smallest absolute Gasteiger partial charge is 0.273 e. The molecular formula is C6H8N2O3S. The van der Waals surface area contributed by atoms with E-state index >= 15 is 0 Å². The van der Waals surface area contributed by atoms with Crippen molar-refractivity contribution in [2.24, 2.45) is 0 Å². The molecule has 12 heavy (non-hydrogen) atoms. The van der Waals surface area contributed by atoms with E-state index in [0.717, 1.165) is 4.88 Å². The summed E-state index contributed by atoms with van der Waals surface area (Å²) in [6.07, 6.45) is 2.03. The number of aromatic nitrogens is 1. The standard InChI is InChI=1S/C6H8N2O3S/c1-11-6-7-4-5(12-6)2-3-8(9)10/h4H,2-3H2,1H3. The molecule has 0 spiro atoms. The molecule has 0 radical (unpaired) electrons. The van der Waals surface area contributed by atoms with Crippen molar-refractivity contribution in [1.82, 2.24) is 4.98 Å². The summed E-state index contributed by atoms with van der Waals surface area (Å²) in [5, 5.41) is 10.6. The van der Waals surface area contributed by atoms with Crippen LogP contribution in [0.15, 0.2) is 6.20 Å². The van der Waals surface area contributed by atoms with Crippen LogP contribution >= 0.6 is 11.3 Å². The highest BCUT2D eigenvalue weighted by Crippen LogP contribution is 2.19. The minimum Gasteiger partial charge on any atom is -0.473 e. The van der Waals surface area contributed by atoms with E-state index in [1.165, 1.54) is 18.4 Å². The van der Waals surface area contributed by atoms with Gasteiger partial charge in [-0.3, -0.25) is 10.1 Å². The molecule has 0 saturated carbocycles. The lowest BCUT2D eigenvalue weighted by Gasteiger charge is -1.89. The first kappa shape index (κ1) is 8.92. The van der Waals surface area contributed by atoms with E-state index in [2.05, 4.69) is 4.98 Å². The first-order valence-electron chi connectivity index (χ1n) is 3.33. The number of hydrogen-bond acceptors (Lipinski definition) is 5. The molecule has 66 valence electrons. The van der Waals surface area contributed by atoms with Crippen molar-refractivity contribution in [3.05, 3.63) is 21.2 Å². The second kappa shape index (κ2) is 4.01. The summed E-state index contributed by atoms with van der Waals surface area (Å²) < 4.78 is 4.84. The van der Waals surface area contributed by atoms with Gasteiger partial charge in [-0.25, -0.2) is 4.98 Å². The van der Waals surface area contributed by atoms with Crippen LogP contribution in [0.1, 0.15) is 4.88 Å². The van der Waals surface area contributed by atoms with Gasteiger partial charge in [0.1, 0.15) is 0 Å². The average molecular weight is 188 g/mol. The van der Waals surface area contributed by atoms with Crippen molar-refractivity contribution < 1.29 is 9.66 Å². The second-order valence-corrected chi connectivity index (χ2v) is 3.18. The van der Waals surface area contributed by atoms with E-state index in [1.807, 2.05) is 0 Å². The number of rotatable bonds is 4. The third kappa shape index (κ3) is 2.46. The Kier molecular flexibility index (Phi) is 2.98. The van der Waals surface area contributed by atoms with Gasteiger partial charge in [0.15, 0.2) is 0 Å². The Labute approximate surface area is 73.2 Å². The van der Waals surface area contributed by atoms with Crippen LogP contribution in [0.5, 0.6) is 5.19 Å². The average Bonchev–Trinajstić information content (AvgIpc) is 2.48. The van der Waals surface area contributed by atoms with Gasteiger partial charge in [0.2, 0.25) is 6.54 Å². The van der Waals surface area contributed by atoms with Crippen molar-refractivity contribution in [3.8, 4) is 5.19 Å². The van der Waals surface area contributed by atoms with Gasteiger partial charge in [0.25, 0.3) is 5.19 Å². The Morgan fingerprint density at radius 2 is 2.58 bits per heavy atom. The van der Waals surface area contributed by atoms with Gasteiger partial charge in [-0.1, -0.05) is 11.3 Å². The molecule has 0 bridgehead atoms. The van der Waals surface area contributed by atoms with Gasteiger partial charge in [-0.15, -0.1) is 0 Å². The monoisotopic (exact) mass is 188 g/mol. The van der Waals surface area contributed by atoms with Crippen molar-refractivity contribution in [2.45, 2.75) is 6.42 Å². The fraction of sp³-hybridized carbons (Fsp3) is 0.500. The highest BCUT2D eigenvalue weighted by atomic mass is 32.1. The van der Waals surface area contributed by atoms with Gasteiger partial charge < -0.3 is 4.74 Å². The summed E-state index contributed by atoms with van der Waals surface area (Å²) in [7, 11) is 1.52. The van der Waals surface area contributed by atoms with E-state index in [-0.39, 0.29) is 11.5 Å². The van der Waals surface area contributed by atoms with Crippen LogP contribution in [0.25, 0.3) is 0 Å². The SMILES string of the molecule is COc1ncc(CC[N+](=O)[O-])s1. The summed E-state index contributed by atoms with van der Waals surface area (Å²) >= 11 is 1.34. The van der Waals surface area contributed by atoms with Gasteiger partial charge in [0.05, 0.1) is 7.11 Å². The molecule has 1 rings (SSSR count). The van der Waals surface area contributed by atoms with E-state index in [4.69, 9.17) is 4.74 Å². The fourth-order valence-electron chi connectivity index (χ4n) is 0.701. The molecule has 0 amide bonds. The molecule has 0 aliphatic heterocycles. The molecule has 0 aliphatic rings. The van der Waals surface area contributed by atoms with Crippen LogP contribution < -0.4 is 4.74 Å². The van der Waals surface area contributed by atoms with Gasteiger partial charge in [-0.05, 0) is 0 Å². The van der Waals surface area contributed by atoms with Crippen LogP contribution in [0.2, 0.25) is 0 Å². The third-order valence-corrected chi connectivity index (χ3v) is 2.27. The van der Waals surface area contributed by atoms with Crippen molar-refractivity contribution >= 4 is 11.3 Å². The summed E-state index contributed by atoms with van der Waals surface area (Å²) in [5.41, 5.74) is 0. The first-order valence-corrected chi connectivity index (χ1v) is 4.14. The third-order valence-electron chi connectivity index (χ3n) is 1.25. The number of thiazole rings is 1. The van der Waals surface area contributed by atoms with Crippen LogP contribution in [-0.2, 0) is 6.42 Å². The lowest BCUT2D eigenvalue weighted by atomic mass is 10.4. The Morgan fingerprint density at radius 1 is 1.83 bits per heavy atom. The zero-order valence-electron chi connectivity index (χ0n) is 6.52. The Hall–Kier alpha value is -1.17. The largest absolute Gasteiger partial charge is 0.473 e.